The molecule has 0 spiro atoms. The van der Waals surface area contributed by atoms with E-state index in [0.29, 0.717) is 0 Å². The molecule has 17 heavy (non-hydrogen) atoms. The summed E-state index contributed by atoms with van der Waals surface area (Å²) >= 11 is 7.04. The standard InChI is InChI=1S/C14H11Br2N/c1-14(2)11-4-3-8(15)5-10(11)13-12(14)6-9(16)7-17-13/h3-7H,1-2H3. The molecule has 1 aliphatic rings. The van der Waals surface area contributed by atoms with Crippen LogP contribution in [0.25, 0.3) is 11.3 Å². The van der Waals surface area contributed by atoms with E-state index in [4.69, 9.17) is 0 Å². The quantitative estimate of drug-likeness (QED) is 0.656. The van der Waals surface area contributed by atoms with Crippen LogP contribution in [0.5, 0.6) is 0 Å². The molecule has 0 radical (unpaired) electrons. The molecule has 3 rings (SSSR count). The number of nitrogens with zero attached hydrogens (tertiary/aromatic N) is 1. The monoisotopic (exact) mass is 351 g/mol. The van der Waals surface area contributed by atoms with Crippen molar-refractivity contribution in [2.45, 2.75) is 19.3 Å². The fourth-order valence-corrected chi connectivity index (χ4v) is 3.23. The minimum Gasteiger partial charge on any atom is -0.255 e. The molecular formula is C14H11Br2N. The third kappa shape index (κ3) is 1.59. The number of rotatable bonds is 0. The van der Waals surface area contributed by atoms with E-state index in [1.54, 1.807) is 0 Å². The van der Waals surface area contributed by atoms with Crippen LogP contribution in [-0.4, -0.2) is 4.98 Å². The summed E-state index contributed by atoms with van der Waals surface area (Å²) in [5, 5.41) is 0. The smallest absolute Gasteiger partial charge is 0.0747 e. The second-order valence-electron chi connectivity index (χ2n) is 4.86. The Balaban J connectivity index is 2.38. The summed E-state index contributed by atoms with van der Waals surface area (Å²) in [6.07, 6.45) is 1.87. The number of hydrogen-bond donors (Lipinski definition) is 0. The Morgan fingerprint density at radius 3 is 2.53 bits per heavy atom. The highest BCUT2D eigenvalue weighted by Gasteiger charge is 2.36. The zero-order valence-electron chi connectivity index (χ0n) is 9.59. The average molecular weight is 353 g/mol. The maximum absolute atomic E-state index is 4.57. The van der Waals surface area contributed by atoms with Crippen LogP contribution in [0.3, 0.4) is 0 Å². The summed E-state index contributed by atoms with van der Waals surface area (Å²) in [5.41, 5.74) is 5.02. The Kier molecular flexibility index (Phi) is 2.46. The first-order valence-corrected chi connectivity index (χ1v) is 7.05. The third-order valence-corrected chi connectivity index (χ3v) is 4.36. The van der Waals surface area contributed by atoms with Crippen LogP contribution in [0, 0.1) is 0 Å². The van der Waals surface area contributed by atoms with Crippen LogP contribution >= 0.6 is 31.9 Å². The van der Waals surface area contributed by atoms with Gasteiger partial charge in [0, 0.05) is 26.1 Å². The van der Waals surface area contributed by atoms with Crippen LogP contribution < -0.4 is 0 Å². The summed E-state index contributed by atoms with van der Waals surface area (Å²) in [5.74, 6) is 0. The van der Waals surface area contributed by atoms with E-state index in [0.717, 1.165) is 14.6 Å². The number of pyridine rings is 1. The number of halogens is 2. The summed E-state index contributed by atoms with van der Waals surface area (Å²) in [4.78, 5) is 4.57. The summed E-state index contributed by atoms with van der Waals surface area (Å²) in [7, 11) is 0. The number of benzene rings is 1. The molecule has 1 aliphatic carbocycles. The van der Waals surface area contributed by atoms with Crippen LogP contribution in [0.2, 0.25) is 0 Å². The normalized spacial score (nSPS) is 15.5. The van der Waals surface area contributed by atoms with Crippen molar-refractivity contribution in [2.24, 2.45) is 0 Å². The molecule has 1 aromatic carbocycles. The molecule has 1 nitrogen and oxygen atoms in total. The van der Waals surface area contributed by atoms with E-state index < -0.39 is 0 Å². The van der Waals surface area contributed by atoms with Crippen molar-refractivity contribution < 1.29 is 0 Å². The highest BCUT2D eigenvalue weighted by atomic mass is 79.9. The molecular weight excluding hydrogens is 342 g/mol. The number of fused-ring (bicyclic) bond motifs is 3. The first kappa shape index (κ1) is 11.4. The lowest BCUT2D eigenvalue weighted by atomic mass is 9.83. The van der Waals surface area contributed by atoms with Gasteiger partial charge in [0.1, 0.15) is 0 Å². The van der Waals surface area contributed by atoms with Crippen LogP contribution in [0.4, 0.5) is 0 Å². The van der Waals surface area contributed by atoms with Crippen molar-refractivity contribution in [1.82, 2.24) is 4.98 Å². The van der Waals surface area contributed by atoms with Gasteiger partial charge in [-0.1, -0.05) is 35.8 Å². The third-order valence-electron chi connectivity index (χ3n) is 3.44. The molecule has 0 bridgehead atoms. The van der Waals surface area contributed by atoms with Gasteiger partial charge in [0.25, 0.3) is 0 Å². The average Bonchev–Trinajstić information content (AvgIpc) is 2.48. The molecule has 2 aromatic rings. The fourth-order valence-electron chi connectivity index (χ4n) is 2.53. The van der Waals surface area contributed by atoms with Gasteiger partial charge in [-0.2, -0.15) is 0 Å². The Morgan fingerprint density at radius 1 is 1.00 bits per heavy atom. The zero-order chi connectivity index (χ0) is 12.2. The molecule has 1 aromatic heterocycles. The predicted octanol–water partition coefficient (Wildman–Crippen LogP) is 4.91. The van der Waals surface area contributed by atoms with Crippen molar-refractivity contribution in [2.75, 3.05) is 0 Å². The van der Waals surface area contributed by atoms with Gasteiger partial charge >= 0.3 is 0 Å². The van der Waals surface area contributed by atoms with Gasteiger partial charge in [0.15, 0.2) is 0 Å². The van der Waals surface area contributed by atoms with Crippen molar-refractivity contribution >= 4 is 31.9 Å². The molecule has 3 heteroatoms. The maximum atomic E-state index is 4.57. The largest absolute Gasteiger partial charge is 0.255 e. The lowest BCUT2D eigenvalue weighted by molar-refractivity contribution is 0.658. The van der Waals surface area contributed by atoms with Gasteiger partial charge in [-0.15, -0.1) is 0 Å². The fraction of sp³-hybridized carbons (Fsp3) is 0.214. The maximum Gasteiger partial charge on any atom is 0.0747 e. The van der Waals surface area contributed by atoms with Crippen molar-refractivity contribution in [3.8, 4) is 11.3 Å². The van der Waals surface area contributed by atoms with Gasteiger partial charge in [0.2, 0.25) is 0 Å². The summed E-state index contributed by atoms with van der Waals surface area (Å²) in [6, 6.07) is 8.62. The predicted molar refractivity (Wildman–Crippen MR) is 77.2 cm³/mol. The van der Waals surface area contributed by atoms with Gasteiger partial charge in [-0.05, 0) is 45.3 Å². The second-order valence-corrected chi connectivity index (χ2v) is 6.70. The topological polar surface area (TPSA) is 12.9 Å². The zero-order valence-corrected chi connectivity index (χ0v) is 12.8. The highest BCUT2D eigenvalue weighted by molar-refractivity contribution is 9.10. The first-order chi connectivity index (χ1) is 8.00. The van der Waals surface area contributed by atoms with E-state index in [9.17, 15) is 0 Å². The van der Waals surface area contributed by atoms with Gasteiger partial charge in [-0.3, -0.25) is 4.98 Å². The summed E-state index contributed by atoms with van der Waals surface area (Å²) in [6.45, 7) is 4.50. The molecule has 0 atom stereocenters. The van der Waals surface area contributed by atoms with Gasteiger partial charge in [0.05, 0.1) is 5.69 Å². The number of aromatic nitrogens is 1. The minimum atomic E-state index is 0.0299. The Labute approximate surface area is 118 Å². The van der Waals surface area contributed by atoms with Crippen LogP contribution in [0.15, 0.2) is 39.4 Å². The van der Waals surface area contributed by atoms with Crippen molar-refractivity contribution in [3.63, 3.8) is 0 Å². The molecule has 0 saturated carbocycles. The highest BCUT2D eigenvalue weighted by Crippen LogP contribution is 2.48. The summed E-state index contributed by atoms with van der Waals surface area (Å²) < 4.78 is 2.14. The van der Waals surface area contributed by atoms with E-state index in [1.165, 1.54) is 16.7 Å². The molecule has 0 aliphatic heterocycles. The second kappa shape index (κ2) is 3.66. The molecule has 0 unspecified atom stereocenters. The van der Waals surface area contributed by atoms with E-state index >= 15 is 0 Å². The van der Waals surface area contributed by atoms with E-state index in [-0.39, 0.29) is 5.41 Å². The first-order valence-electron chi connectivity index (χ1n) is 5.46. The molecule has 0 N–H and O–H groups in total. The van der Waals surface area contributed by atoms with E-state index in [2.05, 4.69) is 75.0 Å². The van der Waals surface area contributed by atoms with Crippen molar-refractivity contribution in [1.29, 1.82) is 0 Å². The lowest BCUT2D eigenvalue weighted by Crippen LogP contribution is -2.15. The molecule has 86 valence electrons. The Bertz CT molecular complexity index is 618. The number of hydrogen-bond acceptors (Lipinski definition) is 1. The SMILES string of the molecule is CC1(C)c2ccc(Br)cc2-c2ncc(Br)cc21. The minimum absolute atomic E-state index is 0.0299. The Morgan fingerprint density at radius 2 is 1.76 bits per heavy atom. The van der Waals surface area contributed by atoms with E-state index in [1.807, 2.05) is 6.20 Å². The lowest BCUT2D eigenvalue weighted by Gasteiger charge is -2.21. The van der Waals surface area contributed by atoms with Gasteiger partial charge < -0.3 is 0 Å². The molecule has 0 saturated heterocycles. The van der Waals surface area contributed by atoms with Crippen molar-refractivity contribution in [3.05, 3.63) is 50.5 Å². The van der Waals surface area contributed by atoms with Gasteiger partial charge in [-0.25, -0.2) is 0 Å². The van der Waals surface area contributed by atoms with Crippen LogP contribution in [-0.2, 0) is 5.41 Å². The van der Waals surface area contributed by atoms with Crippen LogP contribution in [0.1, 0.15) is 25.0 Å². The molecule has 0 amide bonds. The Hall–Kier alpha value is -0.670. The molecule has 1 heterocycles. The molecule has 0 fully saturated rings.